The van der Waals surface area contributed by atoms with Crippen molar-refractivity contribution in [3.8, 4) is 5.75 Å². The van der Waals surface area contributed by atoms with Gasteiger partial charge in [0, 0.05) is 29.6 Å². The molecule has 3 aromatic rings. The molecule has 1 fully saturated rings. The maximum atomic E-state index is 12.5. The number of esters is 1. The van der Waals surface area contributed by atoms with Crippen LogP contribution in [-0.4, -0.2) is 49.8 Å². The maximum Gasteiger partial charge on any atom is 0.387 e. The number of anilines is 1. The highest BCUT2D eigenvalue weighted by atomic mass is 19.3. The molecule has 0 bridgehead atoms. The van der Waals surface area contributed by atoms with Crippen molar-refractivity contribution in [3.63, 3.8) is 0 Å². The fraction of sp³-hybridized carbons (Fsp3) is 0.208. The summed E-state index contributed by atoms with van der Waals surface area (Å²) in [5, 5.41) is 0.937. The molecule has 1 aromatic heterocycles. The van der Waals surface area contributed by atoms with Crippen LogP contribution in [0.15, 0.2) is 65.3 Å². The first-order chi connectivity index (χ1) is 16.1. The van der Waals surface area contributed by atoms with E-state index in [1.807, 2.05) is 30.3 Å². The minimum Gasteiger partial charge on any atom is -0.435 e. The molecule has 0 radical (unpaired) electrons. The molecule has 168 valence electrons. The van der Waals surface area contributed by atoms with E-state index in [4.69, 9.17) is 14.5 Å². The molecule has 9 heteroatoms. The maximum absolute atomic E-state index is 12.5. The first kappa shape index (κ1) is 21.0. The number of rotatable bonds is 5. The Labute approximate surface area is 187 Å². The third kappa shape index (κ3) is 4.54. The van der Waals surface area contributed by atoms with E-state index in [0.29, 0.717) is 31.9 Å². The molecule has 5 rings (SSSR count). The SMILES string of the molecule is O=C1OC(c2ccc(OC(F)F)cc2)=N/C1=C\c1cc2ccccc2nc1N1CCOCC1. The van der Waals surface area contributed by atoms with E-state index in [0.717, 1.165) is 22.3 Å². The van der Waals surface area contributed by atoms with Gasteiger partial charge in [0.1, 0.15) is 11.6 Å². The number of fused-ring (bicyclic) bond motifs is 1. The van der Waals surface area contributed by atoms with Crippen molar-refractivity contribution in [2.45, 2.75) is 6.61 Å². The molecule has 0 N–H and O–H groups in total. The Kier molecular flexibility index (Phi) is 5.70. The molecule has 0 saturated carbocycles. The Hall–Kier alpha value is -3.85. The van der Waals surface area contributed by atoms with Crippen molar-refractivity contribution in [1.82, 2.24) is 4.98 Å². The molecule has 1 saturated heterocycles. The Morgan fingerprint density at radius 1 is 1.06 bits per heavy atom. The quantitative estimate of drug-likeness (QED) is 0.431. The normalized spacial score (nSPS) is 17.5. The van der Waals surface area contributed by atoms with Crippen LogP contribution < -0.4 is 9.64 Å². The number of carbonyl (C=O) groups excluding carboxylic acids is 1. The Bertz CT molecular complexity index is 1250. The number of carbonyl (C=O) groups is 1. The number of nitrogens with zero attached hydrogens (tertiary/aromatic N) is 3. The van der Waals surface area contributed by atoms with Crippen molar-refractivity contribution in [2.24, 2.45) is 4.99 Å². The van der Waals surface area contributed by atoms with Crippen LogP contribution >= 0.6 is 0 Å². The molecule has 0 aliphatic carbocycles. The number of aliphatic imine (C=N–C) groups is 1. The molecule has 0 spiro atoms. The fourth-order valence-corrected chi connectivity index (χ4v) is 3.72. The molecule has 2 aliphatic heterocycles. The van der Waals surface area contributed by atoms with Gasteiger partial charge in [0.25, 0.3) is 0 Å². The van der Waals surface area contributed by atoms with E-state index < -0.39 is 12.6 Å². The minimum atomic E-state index is -2.91. The average Bonchev–Trinajstić information content (AvgIpc) is 3.19. The largest absolute Gasteiger partial charge is 0.435 e. The lowest BCUT2D eigenvalue weighted by molar-refractivity contribution is -0.129. The number of alkyl halides is 2. The predicted molar refractivity (Wildman–Crippen MR) is 118 cm³/mol. The van der Waals surface area contributed by atoms with Gasteiger partial charge in [-0.25, -0.2) is 14.8 Å². The van der Waals surface area contributed by atoms with Crippen molar-refractivity contribution in [3.05, 3.63) is 71.4 Å². The molecular formula is C24H19F2N3O4. The third-order valence-corrected chi connectivity index (χ3v) is 5.28. The Balaban J connectivity index is 1.50. The molecule has 2 aliphatic rings. The van der Waals surface area contributed by atoms with Crippen LogP contribution in [0.3, 0.4) is 0 Å². The predicted octanol–water partition coefficient (Wildman–Crippen LogP) is 4.02. The molecule has 0 atom stereocenters. The van der Waals surface area contributed by atoms with Crippen LogP contribution in [0.5, 0.6) is 5.75 Å². The average molecular weight is 451 g/mol. The summed E-state index contributed by atoms with van der Waals surface area (Å²) in [6.45, 7) is -0.343. The molecule has 0 amide bonds. The highest BCUT2D eigenvalue weighted by Gasteiger charge is 2.26. The second kappa shape index (κ2) is 8.95. The van der Waals surface area contributed by atoms with Crippen LogP contribution in [0.1, 0.15) is 11.1 Å². The summed E-state index contributed by atoms with van der Waals surface area (Å²) in [7, 11) is 0. The summed E-state index contributed by atoms with van der Waals surface area (Å²) in [5.74, 6) is 0.247. The Morgan fingerprint density at radius 3 is 2.58 bits per heavy atom. The summed E-state index contributed by atoms with van der Waals surface area (Å²) in [5.41, 5.74) is 2.20. The number of pyridine rings is 1. The van der Waals surface area contributed by atoms with Gasteiger partial charge in [0.2, 0.25) is 5.90 Å². The first-order valence-electron chi connectivity index (χ1n) is 10.4. The van der Waals surface area contributed by atoms with Crippen LogP contribution in [0.4, 0.5) is 14.6 Å². The van der Waals surface area contributed by atoms with Gasteiger partial charge >= 0.3 is 12.6 Å². The van der Waals surface area contributed by atoms with Crippen LogP contribution in [0, 0.1) is 0 Å². The highest BCUT2D eigenvalue weighted by Crippen LogP contribution is 2.29. The molecule has 3 heterocycles. The van der Waals surface area contributed by atoms with E-state index >= 15 is 0 Å². The molecule has 2 aromatic carbocycles. The lowest BCUT2D eigenvalue weighted by atomic mass is 10.1. The lowest BCUT2D eigenvalue weighted by Crippen LogP contribution is -2.37. The van der Waals surface area contributed by atoms with Crippen LogP contribution in [0.2, 0.25) is 0 Å². The number of morpholine rings is 1. The number of aromatic nitrogens is 1. The van der Waals surface area contributed by atoms with E-state index in [1.54, 1.807) is 6.08 Å². The molecule has 33 heavy (non-hydrogen) atoms. The van der Waals surface area contributed by atoms with Crippen molar-refractivity contribution >= 4 is 34.7 Å². The van der Waals surface area contributed by atoms with Gasteiger partial charge in [-0.15, -0.1) is 0 Å². The molecule has 0 unspecified atom stereocenters. The van der Waals surface area contributed by atoms with Crippen molar-refractivity contribution in [1.29, 1.82) is 0 Å². The zero-order valence-corrected chi connectivity index (χ0v) is 17.4. The number of halogens is 2. The number of hydrogen-bond acceptors (Lipinski definition) is 7. The summed E-state index contributed by atoms with van der Waals surface area (Å²) in [4.78, 5) is 23.8. The van der Waals surface area contributed by atoms with Gasteiger partial charge in [0.15, 0.2) is 5.70 Å². The van der Waals surface area contributed by atoms with Crippen LogP contribution in [0.25, 0.3) is 17.0 Å². The summed E-state index contributed by atoms with van der Waals surface area (Å²) < 4.78 is 39.8. The van der Waals surface area contributed by atoms with E-state index in [-0.39, 0.29) is 17.3 Å². The number of hydrogen-bond donors (Lipinski definition) is 0. The standard InChI is InChI=1S/C24H19F2N3O4/c25-24(26)32-18-7-5-15(6-8-18)22-28-20(23(30)33-22)14-17-13-16-3-1-2-4-19(16)27-21(17)29-9-11-31-12-10-29/h1-8,13-14,24H,9-12H2/b20-14-. The van der Waals surface area contributed by atoms with E-state index in [2.05, 4.69) is 14.6 Å². The molecule has 7 nitrogen and oxygen atoms in total. The summed E-state index contributed by atoms with van der Waals surface area (Å²) >= 11 is 0. The number of benzene rings is 2. The molecular weight excluding hydrogens is 432 g/mol. The number of para-hydroxylation sites is 1. The summed E-state index contributed by atoms with van der Waals surface area (Å²) in [6, 6.07) is 15.5. The van der Waals surface area contributed by atoms with Crippen molar-refractivity contribution in [2.75, 3.05) is 31.2 Å². The number of ether oxygens (including phenoxy) is 3. The topological polar surface area (TPSA) is 73.2 Å². The zero-order valence-electron chi connectivity index (χ0n) is 17.4. The second-order valence-electron chi connectivity index (χ2n) is 7.43. The van der Waals surface area contributed by atoms with Crippen LogP contribution in [-0.2, 0) is 14.3 Å². The minimum absolute atomic E-state index is 0.00632. The monoisotopic (exact) mass is 451 g/mol. The summed E-state index contributed by atoms with van der Waals surface area (Å²) in [6.07, 6.45) is 1.66. The van der Waals surface area contributed by atoms with Crippen molar-refractivity contribution < 1.29 is 27.8 Å². The fourth-order valence-electron chi connectivity index (χ4n) is 3.72. The second-order valence-corrected chi connectivity index (χ2v) is 7.43. The van der Waals surface area contributed by atoms with Gasteiger partial charge < -0.3 is 19.1 Å². The van der Waals surface area contributed by atoms with E-state index in [9.17, 15) is 13.6 Å². The lowest BCUT2D eigenvalue weighted by Gasteiger charge is -2.29. The Morgan fingerprint density at radius 2 is 1.82 bits per heavy atom. The van der Waals surface area contributed by atoms with E-state index in [1.165, 1.54) is 24.3 Å². The highest BCUT2D eigenvalue weighted by molar-refractivity contribution is 6.13. The van der Waals surface area contributed by atoms with Gasteiger partial charge in [-0.1, -0.05) is 18.2 Å². The zero-order chi connectivity index (χ0) is 22.8. The van der Waals surface area contributed by atoms with Gasteiger partial charge in [-0.2, -0.15) is 8.78 Å². The first-order valence-corrected chi connectivity index (χ1v) is 10.4. The third-order valence-electron chi connectivity index (χ3n) is 5.28. The van der Waals surface area contributed by atoms with Gasteiger partial charge in [0.05, 0.1) is 18.7 Å². The van der Waals surface area contributed by atoms with Gasteiger partial charge in [-0.3, -0.25) is 0 Å². The smallest absolute Gasteiger partial charge is 0.387 e. The number of cyclic esters (lactones) is 1. The van der Waals surface area contributed by atoms with Gasteiger partial charge in [-0.05, 0) is 42.5 Å².